The van der Waals surface area contributed by atoms with Crippen molar-refractivity contribution in [3.8, 4) is 11.3 Å². The number of H-pyrrole nitrogens is 2. The van der Waals surface area contributed by atoms with E-state index in [0.717, 1.165) is 5.56 Å². The van der Waals surface area contributed by atoms with Crippen LogP contribution in [-0.2, 0) is 0 Å². The number of rotatable bonds is 3. The van der Waals surface area contributed by atoms with Gasteiger partial charge in [-0.15, -0.1) is 10.2 Å². The van der Waals surface area contributed by atoms with Crippen molar-refractivity contribution in [1.29, 1.82) is 0 Å². The van der Waals surface area contributed by atoms with Crippen molar-refractivity contribution in [2.75, 3.05) is 0 Å². The van der Waals surface area contributed by atoms with Crippen LogP contribution in [0, 0.1) is 0 Å². The van der Waals surface area contributed by atoms with Crippen LogP contribution in [0.1, 0.15) is 0 Å². The molecule has 0 aliphatic heterocycles. The number of hydrogen-bond acceptors (Lipinski definition) is 4. The molecule has 0 saturated carbocycles. The fraction of sp³-hybridized carbons (Fsp3) is 0. The van der Waals surface area contributed by atoms with Crippen molar-refractivity contribution in [2.24, 2.45) is 10.2 Å². The summed E-state index contributed by atoms with van der Waals surface area (Å²) in [6.07, 6.45) is 3.27. The van der Waals surface area contributed by atoms with Crippen molar-refractivity contribution in [3.63, 3.8) is 0 Å². The van der Waals surface area contributed by atoms with Crippen LogP contribution in [-0.4, -0.2) is 15.2 Å². The summed E-state index contributed by atoms with van der Waals surface area (Å²) < 4.78 is 0. The Labute approximate surface area is 124 Å². The van der Waals surface area contributed by atoms with Crippen LogP contribution in [0.3, 0.4) is 0 Å². The Morgan fingerprint density at radius 2 is 1.76 bits per heavy atom. The minimum absolute atomic E-state index is 0.195. The highest BCUT2D eigenvalue weighted by Gasteiger charge is 2.11. The highest BCUT2D eigenvalue weighted by atomic mass is 35.5. The summed E-state index contributed by atoms with van der Waals surface area (Å²) in [5, 5.41) is 13.8. The quantitative estimate of drug-likeness (QED) is 0.720. The van der Waals surface area contributed by atoms with E-state index in [-0.39, 0.29) is 11.2 Å². The van der Waals surface area contributed by atoms with Crippen molar-refractivity contribution in [3.05, 3.63) is 64.2 Å². The van der Waals surface area contributed by atoms with Crippen molar-refractivity contribution in [2.45, 2.75) is 0 Å². The molecular weight excluding hydrogens is 290 g/mol. The van der Waals surface area contributed by atoms with Gasteiger partial charge < -0.3 is 0 Å². The second kappa shape index (κ2) is 5.72. The van der Waals surface area contributed by atoms with E-state index in [1.54, 1.807) is 48.8 Å². The fourth-order valence-electron chi connectivity index (χ4n) is 1.81. The summed E-state index contributed by atoms with van der Waals surface area (Å²) in [6, 6.07) is 10.6. The number of benzene rings is 1. The molecule has 7 heteroatoms. The van der Waals surface area contributed by atoms with Gasteiger partial charge in [0.1, 0.15) is 5.69 Å². The Kier molecular flexibility index (Phi) is 3.61. The number of aromatic nitrogens is 3. The topological polar surface area (TPSA) is 86.3 Å². The molecule has 0 aliphatic carbocycles. The summed E-state index contributed by atoms with van der Waals surface area (Å²) in [4.78, 5) is 15.8. The number of nitrogens with zero attached hydrogens (tertiary/aromatic N) is 3. The smallest absolute Gasteiger partial charge is 0.292 e. The Morgan fingerprint density at radius 1 is 1.00 bits per heavy atom. The summed E-state index contributed by atoms with van der Waals surface area (Å²) in [6.45, 7) is 0. The minimum atomic E-state index is -0.349. The van der Waals surface area contributed by atoms with Gasteiger partial charge >= 0.3 is 0 Å². The van der Waals surface area contributed by atoms with Crippen LogP contribution in [0.5, 0.6) is 0 Å². The lowest BCUT2D eigenvalue weighted by molar-refractivity contribution is 1.06. The van der Waals surface area contributed by atoms with Gasteiger partial charge in [-0.3, -0.25) is 20.0 Å². The summed E-state index contributed by atoms with van der Waals surface area (Å²) >= 11 is 6.01. The van der Waals surface area contributed by atoms with E-state index in [1.807, 2.05) is 0 Å². The third-order valence-electron chi connectivity index (χ3n) is 2.83. The van der Waals surface area contributed by atoms with E-state index >= 15 is 0 Å². The molecule has 0 bridgehead atoms. The Hall–Kier alpha value is -2.73. The second-order valence-electron chi connectivity index (χ2n) is 4.19. The van der Waals surface area contributed by atoms with Gasteiger partial charge in [0.05, 0.1) is 10.7 Å². The highest BCUT2D eigenvalue weighted by Crippen LogP contribution is 2.28. The molecule has 21 heavy (non-hydrogen) atoms. The molecule has 0 unspecified atom stereocenters. The second-order valence-corrected chi connectivity index (χ2v) is 4.60. The monoisotopic (exact) mass is 299 g/mol. The first-order valence-corrected chi connectivity index (χ1v) is 6.51. The van der Waals surface area contributed by atoms with Crippen molar-refractivity contribution in [1.82, 2.24) is 15.2 Å². The Morgan fingerprint density at radius 3 is 2.52 bits per heavy atom. The third-order valence-corrected chi connectivity index (χ3v) is 3.15. The lowest BCUT2D eigenvalue weighted by Gasteiger charge is -1.98. The maximum atomic E-state index is 11.8. The molecule has 0 saturated heterocycles. The third kappa shape index (κ3) is 2.75. The molecule has 104 valence electrons. The number of pyridine rings is 1. The van der Waals surface area contributed by atoms with Gasteiger partial charge in [-0.05, 0) is 24.3 Å². The largest absolute Gasteiger partial charge is 0.295 e. The van der Waals surface area contributed by atoms with E-state index in [2.05, 4.69) is 25.4 Å². The SMILES string of the molecule is O=c1[nH][nH]c(-c2ccncc2)c1N=Nc1ccccc1Cl. The zero-order valence-electron chi connectivity index (χ0n) is 10.7. The zero-order valence-corrected chi connectivity index (χ0v) is 11.5. The molecule has 3 aromatic rings. The number of azo groups is 1. The molecule has 0 fully saturated rings. The van der Waals surface area contributed by atoms with Gasteiger partial charge in [0, 0.05) is 18.0 Å². The summed E-state index contributed by atoms with van der Waals surface area (Å²) in [5.41, 5.74) is 1.69. The van der Waals surface area contributed by atoms with E-state index < -0.39 is 0 Å². The Balaban J connectivity index is 2.02. The lowest BCUT2D eigenvalue weighted by atomic mass is 10.2. The Bertz CT molecular complexity index is 838. The maximum Gasteiger partial charge on any atom is 0.292 e. The van der Waals surface area contributed by atoms with Gasteiger partial charge in [-0.2, -0.15) is 0 Å². The lowest BCUT2D eigenvalue weighted by Crippen LogP contribution is -1.96. The van der Waals surface area contributed by atoms with E-state index in [9.17, 15) is 4.79 Å². The molecule has 2 heterocycles. The predicted molar refractivity (Wildman–Crippen MR) is 80.3 cm³/mol. The van der Waals surface area contributed by atoms with Gasteiger partial charge in [-0.25, -0.2) is 0 Å². The molecule has 2 aromatic heterocycles. The molecular formula is C14H10ClN5O. The predicted octanol–water partition coefficient (Wildman–Crippen LogP) is 3.83. The van der Waals surface area contributed by atoms with Gasteiger partial charge in [0.25, 0.3) is 5.56 Å². The standard InChI is InChI=1S/C14H10ClN5O/c15-10-3-1-2-4-11(10)17-19-13-12(18-20-14(13)21)9-5-7-16-8-6-9/h1-8H,(H2,18,20,21). The number of hydrogen-bond donors (Lipinski definition) is 2. The van der Waals surface area contributed by atoms with Crippen LogP contribution in [0.15, 0.2) is 63.8 Å². The molecule has 0 radical (unpaired) electrons. The molecule has 0 aliphatic rings. The van der Waals surface area contributed by atoms with Crippen LogP contribution < -0.4 is 5.56 Å². The number of nitrogens with one attached hydrogen (secondary N) is 2. The molecule has 1 aromatic carbocycles. The maximum absolute atomic E-state index is 11.8. The molecule has 0 atom stereocenters. The summed E-state index contributed by atoms with van der Waals surface area (Å²) in [7, 11) is 0. The number of halogens is 1. The number of aromatic amines is 2. The molecule has 0 spiro atoms. The first-order valence-electron chi connectivity index (χ1n) is 6.13. The highest BCUT2D eigenvalue weighted by molar-refractivity contribution is 6.32. The average molecular weight is 300 g/mol. The van der Waals surface area contributed by atoms with Crippen LogP contribution in [0.4, 0.5) is 11.4 Å². The normalized spacial score (nSPS) is 11.1. The average Bonchev–Trinajstić information content (AvgIpc) is 2.88. The van der Waals surface area contributed by atoms with E-state index in [0.29, 0.717) is 16.4 Å². The van der Waals surface area contributed by atoms with Gasteiger partial charge in [0.15, 0.2) is 5.69 Å². The van der Waals surface area contributed by atoms with Crippen molar-refractivity contribution >= 4 is 23.0 Å². The van der Waals surface area contributed by atoms with E-state index in [1.165, 1.54) is 0 Å². The molecule has 2 N–H and O–H groups in total. The minimum Gasteiger partial charge on any atom is -0.295 e. The van der Waals surface area contributed by atoms with Crippen LogP contribution in [0.25, 0.3) is 11.3 Å². The molecule has 6 nitrogen and oxygen atoms in total. The first-order chi connectivity index (χ1) is 10.3. The fourth-order valence-corrected chi connectivity index (χ4v) is 1.98. The van der Waals surface area contributed by atoms with Gasteiger partial charge in [-0.1, -0.05) is 23.7 Å². The van der Waals surface area contributed by atoms with E-state index in [4.69, 9.17) is 11.6 Å². The van der Waals surface area contributed by atoms with Gasteiger partial charge in [0.2, 0.25) is 0 Å². The van der Waals surface area contributed by atoms with Crippen LogP contribution in [0.2, 0.25) is 5.02 Å². The van der Waals surface area contributed by atoms with Crippen LogP contribution >= 0.6 is 11.6 Å². The van der Waals surface area contributed by atoms with Crippen molar-refractivity contribution < 1.29 is 0 Å². The zero-order chi connectivity index (χ0) is 14.7. The summed E-state index contributed by atoms with van der Waals surface area (Å²) in [5.74, 6) is 0. The molecule has 3 rings (SSSR count). The first kappa shape index (κ1) is 13.3. The molecule has 0 amide bonds.